The summed E-state index contributed by atoms with van der Waals surface area (Å²) in [4.78, 5) is 27.2. The first-order chi connectivity index (χ1) is 12.9. The van der Waals surface area contributed by atoms with E-state index in [-0.39, 0.29) is 18.6 Å². The van der Waals surface area contributed by atoms with Crippen LogP contribution in [0.3, 0.4) is 0 Å². The molecule has 0 unspecified atom stereocenters. The van der Waals surface area contributed by atoms with Crippen LogP contribution in [0.15, 0.2) is 48.5 Å². The highest BCUT2D eigenvalue weighted by Gasteiger charge is 2.30. The van der Waals surface area contributed by atoms with Crippen LogP contribution in [0.5, 0.6) is 5.75 Å². The van der Waals surface area contributed by atoms with Gasteiger partial charge < -0.3 is 14.7 Å². The Morgan fingerprint density at radius 1 is 1.15 bits per heavy atom. The summed E-state index contributed by atoms with van der Waals surface area (Å²) in [7, 11) is 0. The van der Waals surface area contributed by atoms with E-state index in [1.54, 1.807) is 12.1 Å². The van der Waals surface area contributed by atoms with E-state index >= 15 is 0 Å². The lowest BCUT2D eigenvalue weighted by Gasteiger charge is -2.39. The molecule has 1 N–H and O–H groups in total. The first-order valence-electron chi connectivity index (χ1n) is 8.97. The maximum atomic E-state index is 12.6. The summed E-state index contributed by atoms with van der Waals surface area (Å²) < 4.78 is 5.15. The van der Waals surface area contributed by atoms with Gasteiger partial charge in [-0.25, -0.2) is 4.79 Å². The van der Waals surface area contributed by atoms with Gasteiger partial charge in [-0.2, -0.15) is 0 Å². The number of aliphatic carboxylic acids is 1. The number of hydrogen-bond acceptors (Lipinski definition) is 4. The number of benzene rings is 2. The number of amides is 1. The zero-order valence-electron chi connectivity index (χ0n) is 15.6. The molecule has 1 atom stereocenters. The van der Waals surface area contributed by atoms with Crippen molar-refractivity contribution in [2.45, 2.75) is 26.4 Å². The summed E-state index contributed by atoms with van der Waals surface area (Å²) in [6, 6.07) is 15.6. The smallest absolute Gasteiger partial charge is 0.341 e. The molecule has 6 heteroatoms. The van der Waals surface area contributed by atoms with Crippen LogP contribution in [0.2, 0.25) is 0 Å². The number of rotatable bonds is 6. The molecule has 27 heavy (non-hydrogen) atoms. The SMILES string of the molecule is Cc1ccc(N2C[C@H](C)N(Cc3ccc(OCC(=O)O)cc3)CC2=O)cc1. The van der Waals surface area contributed by atoms with Gasteiger partial charge >= 0.3 is 5.97 Å². The standard InChI is InChI=1S/C21H24N2O4/c1-15-3-7-18(8-4-15)23-11-16(2)22(13-20(23)24)12-17-5-9-19(10-6-17)27-14-21(25)26/h3-10,16H,11-14H2,1-2H3,(H,25,26)/t16-/m0/s1. The molecule has 0 radical (unpaired) electrons. The lowest BCUT2D eigenvalue weighted by Crippen LogP contribution is -2.54. The van der Waals surface area contributed by atoms with E-state index in [1.807, 2.05) is 48.2 Å². The van der Waals surface area contributed by atoms with Gasteiger partial charge in [-0.15, -0.1) is 0 Å². The van der Waals surface area contributed by atoms with Crippen LogP contribution in [0, 0.1) is 6.92 Å². The lowest BCUT2D eigenvalue weighted by atomic mass is 10.1. The maximum Gasteiger partial charge on any atom is 0.341 e. The summed E-state index contributed by atoms with van der Waals surface area (Å²) in [6.45, 7) is 5.48. The normalized spacial score (nSPS) is 17.8. The van der Waals surface area contributed by atoms with Crippen LogP contribution in [0.1, 0.15) is 18.1 Å². The van der Waals surface area contributed by atoms with Gasteiger partial charge in [0.15, 0.2) is 6.61 Å². The summed E-state index contributed by atoms with van der Waals surface area (Å²) in [5.41, 5.74) is 3.17. The monoisotopic (exact) mass is 368 g/mol. The van der Waals surface area contributed by atoms with Crippen molar-refractivity contribution in [3.63, 3.8) is 0 Å². The number of carboxylic acid groups (broad SMARTS) is 1. The first-order valence-corrected chi connectivity index (χ1v) is 8.97. The second-order valence-corrected chi connectivity index (χ2v) is 6.92. The molecular formula is C21H24N2O4. The minimum absolute atomic E-state index is 0.0957. The molecule has 1 aliphatic heterocycles. The molecule has 0 aliphatic carbocycles. The van der Waals surface area contributed by atoms with E-state index < -0.39 is 5.97 Å². The molecule has 1 saturated heterocycles. The number of piperazine rings is 1. The summed E-state index contributed by atoms with van der Waals surface area (Å²) in [5.74, 6) is -0.384. The molecule has 3 rings (SSSR count). The highest BCUT2D eigenvalue weighted by molar-refractivity contribution is 5.95. The van der Waals surface area contributed by atoms with Crippen molar-refractivity contribution in [2.75, 3.05) is 24.6 Å². The Hall–Kier alpha value is -2.86. The van der Waals surface area contributed by atoms with Crippen LogP contribution in [-0.2, 0) is 16.1 Å². The molecule has 0 aromatic heterocycles. The van der Waals surface area contributed by atoms with Gasteiger partial charge in [0.25, 0.3) is 0 Å². The lowest BCUT2D eigenvalue weighted by molar-refractivity contribution is -0.139. The van der Waals surface area contributed by atoms with Gasteiger partial charge in [-0.1, -0.05) is 29.8 Å². The van der Waals surface area contributed by atoms with E-state index in [0.717, 1.165) is 11.3 Å². The molecule has 0 spiro atoms. The Bertz CT molecular complexity index is 802. The molecule has 2 aromatic rings. The quantitative estimate of drug-likeness (QED) is 0.849. The van der Waals surface area contributed by atoms with Gasteiger partial charge in [-0.3, -0.25) is 9.69 Å². The Morgan fingerprint density at radius 2 is 1.81 bits per heavy atom. The van der Waals surface area contributed by atoms with E-state index in [4.69, 9.17) is 9.84 Å². The predicted molar refractivity (Wildman–Crippen MR) is 103 cm³/mol. The highest BCUT2D eigenvalue weighted by atomic mass is 16.5. The number of anilines is 1. The topological polar surface area (TPSA) is 70.1 Å². The third-order valence-electron chi connectivity index (χ3n) is 4.73. The Kier molecular flexibility index (Phi) is 5.76. The van der Waals surface area contributed by atoms with Crippen molar-refractivity contribution >= 4 is 17.6 Å². The van der Waals surface area contributed by atoms with Gasteiger partial charge in [0.1, 0.15) is 5.75 Å². The second-order valence-electron chi connectivity index (χ2n) is 6.92. The molecule has 0 saturated carbocycles. The number of nitrogens with zero attached hydrogens (tertiary/aromatic N) is 2. The van der Waals surface area contributed by atoms with Gasteiger partial charge in [-0.05, 0) is 43.7 Å². The number of carbonyl (C=O) groups is 2. The molecule has 6 nitrogen and oxygen atoms in total. The van der Waals surface area contributed by atoms with Crippen molar-refractivity contribution < 1.29 is 19.4 Å². The summed E-state index contributed by atoms with van der Waals surface area (Å²) in [6.07, 6.45) is 0. The Balaban J connectivity index is 1.61. The number of hydrogen-bond donors (Lipinski definition) is 1. The van der Waals surface area contributed by atoms with Crippen molar-refractivity contribution in [1.29, 1.82) is 0 Å². The van der Waals surface area contributed by atoms with Gasteiger partial charge in [0.05, 0.1) is 6.54 Å². The van der Waals surface area contributed by atoms with Crippen molar-refractivity contribution in [2.24, 2.45) is 0 Å². The fraction of sp³-hybridized carbons (Fsp3) is 0.333. The van der Waals surface area contributed by atoms with E-state index in [0.29, 0.717) is 25.4 Å². The molecule has 2 aromatic carbocycles. The molecule has 1 fully saturated rings. The molecular weight excluding hydrogens is 344 g/mol. The number of carboxylic acids is 1. The third kappa shape index (κ3) is 4.86. The van der Waals surface area contributed by atoms with Crippen LogP contribution >= 0.6 is 0 Å². The highest BCUT2D eigenvalue weighted by Crippen LogP contribution is 2.22. The third-order valence-corrected chi connectivity index (χ3v) is 4.73. The van der Waals surface area contributed by atoms with Crippen LogP contribution in [-0.4, -0.2) is 47.6 Å². The second kappa shape index (κ2) is 8.22. The number of carbonyl (C=O) groups excluding carboxylic acids is 1. The van der Waals surface area contributed by atoms with Crippen LogP contribution in [0.25, 0.3) is 0 Å². The summed E-state index contributed by atoms with van der Waals surface area (Å²) in [5, 5.41) is 8.65. The van der Waals surface area contributed by atoms with Crippen molar-refractivity contribution in [3.8, 4) is 5.75 Å². The zero-order valence-corrected chi connectivity index (χ0v) is 15.6. The zero-order chi connectivity index (χ0) is 19.4. The molecule has 1 amide bonds. The predicted octanol–water partition coefficient (Wildman–Crippen LogP) is 2.70. The van der Waals surface area contributed by atoms with E-state index in [2.05, 4.69) is 11.8 Å². The number of aryl methyl sites for hydroxylation is 1. The minimum atomic E-state index is -1.00. The largest absolute Gasteiger partial charge is 0.482 e. The molecule has 142 valence electrons. The van der Waals surface area contributed by atoms with E-state index in [9.17, 15) is 9.59 Å². The average Bonchev–Trinajstić information content (AvgIpc) is 2.64. The average molecular weight is 368 g/mol. The van der Waals surface area contributed by atoms with Crippen LogP contribution < -0.4 is 9.64 Å². The minimum Gasteiger partial charge on any atom is -0.482 e. The fourth-order valence-corrected chi connectivity index (χ4v) is 3.15. The molecule has 0 bridgehead atoms. The first kappa shape index (κ1) is 18.9. The van der Waals surface area contributed by atoms with Crippen molar-refractivity contribution in [1.82, 2.24) is 4.90 Å². The van der Waals surface area contributed by atoms with Crippen molar-refractivity contribution in [3.05, 3.63) is 59.7 Å². The van der Waals surface area contributed by atoms with Gasteiger partial charge in [0.2, 0.25) is 5.91 Å². The Morgan fingerprint density at radius 3 is 2.44 bits per heavy atom. The molecule has 1 aliphatic rings. The summed E-state index contributed by atoms with van der Waals surface area (Å²) >= 11 is 0. The fourth-order valence-electron chi connectivity index (χ4n) is 3.15. The number of ether oxygens (including phenoxy) is 1. The maximum absolute atomic E-state index is 12.6. The Labute approximate surface area is 159 Å². The van der Waals surface area contributed by atoms with Gasteiger partial charge in [0, 0.05) is 24.8 Å². The molecule has 1 heterocycles. The van der Waals surface area contributed by atoms with E-state index in [1.165, 1.54) is 5.56 Å². The van der Waals surface area contributed by atoms with Crippen LogP contribution in [0.4, 0.5) is 5.69 Å².